The molecule has 0 fully saturated rings. The first kappa shape index (κ1) is 26.9. The van der Waals surface area contributed by atoms with Crippen LogP contribution in [0.1, 0.15) is 32.6 Å². The van der Waals surface area contributed by atoms with Crippen molar-refractivity contribution in [3.05, 3.63) is 131 Å². The van der Waals surface area contributed by atoms with Crippen LogP contribution in [0.4, 0.5) is 4.39 Å². The van der Waals surface area contributed by atoms with E-state index in [-0.39, 0.29) is 11.7 Å². The number of carbonyl (C=O) groups is 1. The van der Waals surface area contributed by atoms with Gasteiger partial charge in [-0.3, -0.25) is 4.79 Å². The van der Waals surface area contributed by atoms with E-state index in [2.05, 4.69) is 0 Å². The molecular formula is C32H33FN2O3. The number of ether oxygens (including phenoxy) is 2. The molecule has 4 aromatic rings. The minimum absolute atomic E-state index is 0.146. The summed E-state index contributed by atoms with van der Waals surface area (Å²) in [6.07, 6.45) is 1.25. The zero-order chi connectivity index (χ0) is 26.7. The average Bonchev–Trinajstić information content (AvgIpc) is 2.96. The Balaban J connectivity index is 1.49. The lowest BCUT2D eigenvalue weighted by atomic mass is 9.99. The Bertz CT molecular complexity index is 1340. The molecule has 0 saturated heterocycles. The number of methoxy groups -OCH3 is 1. The van der Waals surface area contributed by atoms with Gasteiger partial charge in [0, 0.05) is 25.2 Å². The van der Waals surface area contributed by atoms with Gasteiger partial charge in [-0.05, 0) is 59.4 Å². The fraction of sp³-hybridized carbons (Fsp3) is 0.219. The lowest BCUT2D eigenvalue weighted by Gasteiger charge is -2.24. The van der Waals surface area contributed by atoms with Gasteiger partial charge in [0.2, 0.25) is 0 Å². The molecule has 1 amide bonds. The smallest absolute Gasteiger partial charge is 0.254 e. The van der Waals surface area contributed by atoms with Crippen molar-refractivity contribution in [1.82, 2.24) is 4.90 Å². The zero-order valence-corrected chi connectivity index (χ0v) is 21.6. The van der Waals surface area contributed by atoms with Gasteiger partial charge in [-0.1, -0.05) is 72.8 Å². The second-order valence-corrected chi connectivity index (χ2v) is 9.02. The quantitative estimate of drug-likeness (QED) is 0.261. The van der Waals surface area contributed by atoms with Crippen molar-refractivity contribution < 1.29 is 18.7 Å². The van der Waals surface area contributed by atoms with Gasteiger partial charge < -0.3 is 20.1 Å². The molecule has 0 aliphatic heterocycles. The molecule has 0 atom stereocenters. The highest BCUT2D eigenvalue weighted by Crippen LogP contribution is 2.30. The molecule has 5 nitrogen and oxygen atoms in total. The van der Waals surface area contributed by atoms with Crippen molar-refractivity contribution in [2.45, 2.75) is 26.0 Å². The molecule has 0 heterocycles. The van der Waals surface area contributed by atoms with E-state index in [4.69, 9.17) is 15.2 Å². The fourth-order valence-corrected chi connectivity index (χ4v) is 4.38. The molecule has 2 N–H and O–H groups in total. The third-order valence-electron chi connectivity index (χ3n) is 6.44. The molecule has 0 spiro atoms. The lowest BCUT2D eigenvalue weighted by Crippen LogP contribution is -2.35. The zero-order valence-electron chi connectivity index (χ0n) is 21.6. The fourth-order valence-electron chi connectivity index (χ4n) is 4.38. The maximum Gasteiger partial charge on any atom is 0.254 e. The monoisotopic (exact) mass is 512 g/mol. The average molecular weight is 513 g/mol. The number of rotatable bonds is 12. The first-order valence-corrected chi connectivity index (χ1v) is 12.7. The summed E-state index contributed by atoms with van der Waals surface area (Å²) in [6, 6.07) is 29.9. The van der Waals surface area contributed by atoms with Crippen LogP contribution in [0.15, 0.2) is 97.1 Å². The molecule has 0 aliphatic rings. The second-order valence-electron chi connectivity index (χ2n) is 9.02. The van der Waals surface area contributed by atoms with Gasteiger partial charge in [0.15, 0.2) is 11.5 Å². The molecule has 0 radical (unpaired) electrons. The minimum atomic E-state index is -0.199. The lowest BCUT2D eigenvalue weighted by molar-refractivity contribution is 0.0747. The molecule has 0 aliphatic carbocycles. The standard InChI is InChI=1S/C32H33FN2O3/c1-37-31-21-27(17-18-30(31)38-23-24-9-3-2-4-10-24)32(36)35(20-19-34)22-28-13-6-5-11-25(28)15-16-26-12-7-8-14-29(26)33/h2-14,17-18,21H,15-16,19-20,22-23,34H2,1H3. The van der Waals surface area contributed by atoms with Gasteiger partial charge in [-0.2, -0.15) is 0 Å². The normalized spacial score (nSPS) is 10.7. The summed E-state index contributed by atoms with van der Waals surface area (Å²) in [5, 5.41) is 0. The largest absolute Gasteiger partial charge is 0.493 e. The van der Waals surface area contributed by atoms with Gasteiger partial charge in [0.05, 0.1) is 7.11 Å². The molecule has 0 unspecified atom stereocenters. The highest BCUT2D eigenvalue weighted by Gasteiger charge is 2.19. The van der Waals surface area contributed by atoms with Crippen molar-refractivity contribution in [3.63, 3.8) is 0 Å². The second kappa shape index (κ2) is 13.4. The first-order valence-electron chi connectivity index (χ1n) is 12.7. The number of amides is 1. The Morgan fingerprint density at radius 3 is 2.18 bits per heavy atom. The van der Waals surface area contributed by atoms with Gasteiger partial charge >= 0.3 is 0 Å². The van der Waals surface area contributed by atoms with Crippen LogP contribution in [-0.4, -0.2) is 31.0 Å². The number of benzene rings is 4. The number of nitrogens with zero attached hydrogens (tertiary/aromatic N) is 1. The van der Waals surface area contributed by atoms with Gasteiger partial charge in [0.1, 0.15) is 12.4 Å². The number of hydrogen-bond donors (Lipinski definition) is 1. The van der Waals surface area contributed by atoms with E-state index in [9.17, 15) is 9.18 Å². The molecule has 6 heteroatoms. The summed E-state index contributed by atoms with van der Waals surface area (Å²) in [5.41, 5.74) is 10.2. The highest BCUT2D eigenvalue weighted by molar-refractivity contribution is 5.95. The highest BCUT2D eigenvalue weighted by atomic mass is 19.1. The predicted octanol–water partition coefficient (Wildman–Crippen LogP) is 5.80. The third kappa shape index (κ3) is 6.99. The topological polar surface area (TPSA) is 64.8 Å². The number of nitrogens with two attached hydrogens (primary N) is 1. The van der Waals surface area contributed by atoms with E-state index >= 15 is 0 Å². The molecule has 0 bridgehead atoms. The molecule has 0 aromatic heterocycles. The van der Waals surface area contributed by atoms with Crippen molar-refractivity contribution in [2.75, 3.05) is 20.2 Å². The predicted molar refractivity (Wildman–Crippen MR) is 148 cm³/mol. The maximum atomic E-state index is 14.1. The van der Waals surface area contributed by atoms with E-state index in [1.807, 2.05) is 66.7 Å². The van der Waals surface area contributed by atoms with E-state index in [1.54, 1.807) is 36.3 Å². The van der Waals surface area contributed by atoms with E-state index in [0.29, 0.717) is 61.7 Å². The van der Waals surface area contributed by atoms with Crippen LogP contribution in [0.25, 0.3) is 0 Å². The van der Waals surface area contributed by atoms with E-state index in [1.165, 1.54) is 6.07 Å². The number of hydrogen-bond acceptors (Lipinski definition) is 4. The Hall–Kier alpha value is -4.16. The van der Waals surface area contributed by atoms with Crippen LogP contribution in [-0.2, 0) is 26.0 Å². The van der Waals surface area contributed by atoms with Crippen molar-refractivity contribution in [2.24, 2.45) is 5.73 Å². The third-order valence-corrected chi connectivity index (χ3v) is 6.44. The summed E-state index contributed by atoms with van der Waals surface area (Å²) >= 11 is 0. The van der Waals surface area contributed by atoms with Crippen LogP contribution in [0.5, 0.6) is 11.5 Å². The van der Waals surface area contributed by atoms with Crippen LogP contribution in [0.2, 0.25) is 0 Å². The van der Waals surface area contributed by atoms with Crippen LogP contribution < -0.4 is 15.2 Å². The summed E-state index contributed by atoms with van der Waals surface area (Å²) in [5.74, 6) is 0.712. The Morgan fingerprint density at radius 2 is 1.47 bits per heavy atom. The number of aryl methyl sites for hydroxylation is 2. The molecule has 196 valence electrons. The SMILES string of the molecule is COc1cc(C(=O)N(CCN)Cc2ccccc2CCc2ccccc2F)ccc1OCc1ccccc1. The number of carbonyl (C=O) groups excluding carboxylic acids is 1. The van der Waals surface area contributed by atoms with Gasteiger partial charge in [-0.25, -0.2) is 4.39 Å². The molecule has 38 heavy (non-hydrogen) atoms. The summed E-state index contributed by atoms with van der Waals surface area (Å²) in [6.45, 7) is 1.53. The van der Waals surface area contributed by atoms with Crippen molar-refractivity contribution >= 4 is 5.91 Å². The maximum absolute atomic E-state index is 14.1. The first-order chi connectivity index (χ1) is 18.6. The van der Waals surface area contributed by atoms with Crippen LogP contribution >= 0.6 is 0 Å². The van der Waals surface area contributed by atoms with E-state index in [0.717, 1.165) is 16.7 Å². The Morgan fingerprint density at radius 1 is 0.816 bits per heavy atom. The number of halogens is 1. The van der Waals surface area contributed by atoms with Gasteiger partial charge in [0.25, 0.3) is 5.91 Å². The van der Waals surface area contributed by atoms with Gasteiger partial charge in [-0.15, -0.1) is 0 Å². The summed E-state index contributed by atoms with van der Waals surface area (Å²) < 4.78 is 25.6. The van der Waals surface area contributed by atoms with Crippen LogP contribution in [0, 0.1) is 5.82 Å². The van der Waals surface area contributed by atoms with Crippen molar-refractivity contribution in [3.8, 4) is 11.5 Å². The summed E-state index contributed by atoms with van der Waals surface area (Å²) in [4.78, 5) is 15.3. The Labute approximate surface area is 223 Å². The summed E-state index contributed by atoms with van der Waals surface area (Å²) in [7, 11) is 1.56. The molecular weight excluding hydrogens is 479 g/mol. The molecule has 4 rings (SSSR count). The van der Waals surface area contributed by atoms with E-state index < -0.39 is 0 Å². The molecule has 4 aromatic carbocycles. The van der Waals surface area contributed by atoms with Crippen molar-refractivity contribution in [1.29, 1.82) is 0 Å². The minimum Gasteiger partial charge on any atom is -0.493 e. The molecule has 0 saturated carbocycles. The Kier molecular flexibility index (Phi) is 9.48. The van der Waals surface area contributed by atoms with Crippen LogP contribution in [0.3, 0.4) is 0 Å².